The number of aromatic nitrogens is 4. The second-order valence-corrected chi connectivity index (χ2v) is 6.03. The molecule has 0 aliphatic carbocycles. The lowest BCUT2D eigenvalue weighted by atomic mass is 10.0. The Kier molecular flexibility index (Phi) is 3.68. The third kappa shape index (κ3) is 2.51. The molecule has 1 aliphatic heterocycles. The van der Waals surface area contributed by atoms with Crippen LogP contribution in [-0.4, -0.2) is 39.9 Å². The third-order valence-corrected chi connectivity index (χ3v) is 4.60. The minimum atomic E-state index is -0.160. The van der Waals surface area contributed by atoms with Gasteiger partial charge in [-0.15, -0.1) is 0 Å². The number of aromatic amines is 2. The van der Waals surface area contributed by atoms with E-state index in [1.54, 1.807) is 7.11 Å². The molecule has 0 saturated carbocycles. The van der Waals surface area contributed by atoms with E-state index in [4.69, 9.17) is 4.74 Å². The summed E-state index contributed by atoms with van der Waals surface area (Å²) in [6, 6.07) is 8.34. The van der Waals surface area contributed by atoms with Gasteiger partial charge in [0.15, 0.2) is 5.65 Å². The van der Waals surface area contributed by atoms with E-state index in [0.717, 1.165) is 31.6 Å². The second kappa shape index (κ2) is 5.99. The average Bonchev–Trinajstić information content (AvgIpc) is 3.24. The highest BCUT2D eigenvalue weighted by molar-refractivity contribution is 5.73. The molecule has 4 rings (SSSR count). The highest BCUT2D eigenvalue weighted by atomic mass is 16.5. The zero-order valence-corrected chi connectivity index (χ0v) is 13.5. The predicted molar refractivity (Wildman–Crippen MR) is 91.6 cm³/mol. The number of nitrogens with zero attached hydrogens (tertiary/aromatic N) is 3. The van der Waals surface area contributed by atoms with E-state index in [0.29, 0.717) is 17.0 Å². The first-order valence-corrected chi connectivity index (χ1v) is 8.08. The summed E-state index contributed by atoms with van der Waals surface area (Å²) in [6.07, 6.45) is 4.49. The van der Waals surface area contributed by atoms with Crippen LogP contribution in [0.3, 0.4) is 0 Å². The second-order valence-electron chi connectivity index (χ2n) is 6.03. The van der Waals surface area contributed by atoms with Crippen LogP contribution in [-0.2, 0) is 6.42 Å². The molecule has 0 radical (unpaired) electrons. The fourth-order valence-corrected chi connectivity index (χ4v) is 3.42. The first-order valence-electron chi connectivity index (χ1n) is 8.08. The van der Waals surface area contributed by atoms with E-state index < -0.39 is 0 Å². The molecule has 2 N–H and O–H groups in total. The SMILES string of the molecule is COc1ccccc1C[C@H]1CCCN1c1nc2[nH]ncc2c(=O)[nH]1. The summed E-state index contributed by atoms with van der Waals surface area (Å²) >= 11 is 0. The number of ether oxygens (including phenoxy) is 1. The summed E-state index contributed by atoms with van der Waals surface area (Å²) in [5.41, 5.74) is 1.53. The van der Waals surface area contributed by atoms with Crippen LogP contribution in [0.5, 0.6) is 5.75 Å². The van der Waals surface area contributed by atoms with E-state index in [1.807, 2.05) is 18.2 Å². The van der Waals surface area contributed by atoms with Crippen LogP contribution in [0, 0.1) is 0 Å². The minimum Gasteiger partial charge on any atom is -0.496 e. The van der Waals surface area contributed by atoms with Gasteiger partial charge >= 0.3 is 0 Å². The van der Waals surface area contributed by atoms with Gasteiger partial charge in [-0.2, -0.15) is 10.1 Å². The van der Waals surface area contributed by atoms with Crippen LogP contribution >= 0.6 is 0 Å². The third-order valence-electron chi connectivity index (χ3n) is 4.60. The van der Waals surface area contributed by atoms with Crippen molar-refractivity contribution >= 4 is 17.0 Å². The topological polar surface area (TPSA) is 86.9 Å². The summed E-state index contributed by atoms with van der Waals surface area (Å²) in [7, 11) is 1.69. The lowest BCUT2D eigenvalue weighted by Gasteiger charge is -2.25. The first-order chi connectivity index (χ1) is 11.8. The van der Waals surface area contributed by atoms with Crippen LogP contribution < -0.4 is 15.2 Å². The number of nitrogens with one attached hydrogen (secondary N) is 2. The van der Waals surface area contributed by atoms with Crippen molar-refractivity contribution in [3.05, 3.63) is 46.4 Å². The first kappa shape index (κ1) is 14.7. The van der Waals surface area contributed by atoms with E-state index in [2.05, 4.69) is 31.1 Å². The standard InChI is InChI=1S/C17H19N5O2/c1-24-14-7-3-2-5-11(14)9-12-6-4-8-22(12)17-19-15-13(10-18-21-15)16(23)20-17/h2-3,5,7,10,12H,4,6,8-9H2,1H3,(H2,18,19,20,21,23)/t12-/m1/s1. The quantitative estimate of drug-likeness (QED) is 0.764. The van der Waals surface area contributed by atoms with Gasteiger partial charge in [0, 0.05) is 12.6 Å². The molecule has 3 heterocycles. The van der Waals surface area contributed by atoms with Crippen molar-refractivity contribution in [1.29, 1.82) is 0 Å². The molecular weight excluding hydrogens is 306 g/mol. The van der Waals surface area contributed by atoms with Crippen molar-refractivity contribution in [3.63, 3.8) is 0 Å². The molecule has 124 valence electrons. The monoisotopic (exact) mass is 325 g/mol. The lowest BCUT2D eigenvalue weighted by molar-refractivity contribution is 0.407. The zero-order valence-electron chi connectivity index (χ0n) is 13.5. The molecule has 3 aromatic rings. The van der Waals surface area contributed by atoms with Gasteiger partial charge in [-0.05, 0) is 30.9 Å². The van der Waals surface area contributed by atoms with E-state index in [9.17, 15) is 4.79 Å². The number of methoxy groups -OCH3 is 1. The molecule has 7 nitrogen and oxygen atoms in total. The molecule has 0 unspecified atom stereocenters. The lowest BCUT2D eigenvalue weighted by Crippen LogP contribution is -2.34. The molecule has 2 aromatic heterocycles. The number of rotatable bonds is 4. The van der Waals surface area contributed by atoms with Gasteiger partial charge in [0.05, 0.1) is 13.3 Å². The Hall–Kier alpha value is -2.83. The van der Waals surface area contributed by atoms with Crippen LogP contribution in [0.4, 0.5) is 5.95 Å². The van der Waals surface area contributed by atoms with Crippen LogP contribution in [0.2, 0.25) is 0 Å². The number of para-hydroxylation sites is 1. The van der Waals surface area contributed by atoms with Crippen LogP contribution in [0.1, 0.15) is 18.4 Å². The molecule has 1 saturated heterocycles. The van der Waals surface area contributed by atoms with Crippen LogP contribution in [0.15, 0.2) is 35.3 Å². The highest BCUT2D eigenvalue weighted by Crippen LogP contribution is 2.28. The normalized spacial score (nSPS) is 17.5. The molecule has 1 atom stereocenters. The smallest absolute Gasteiger partial charge is 0.263 e. The van der Waals surface area contributed by atoms with Gasteiger partial charge in [0.2, 0.25) is 5.95 Å². The maximum absolute atomic E-state index is 12.2. The number of hydrogen-bond acceptors (Lipinski definition) is 5. The highest BCUT2D eigenvalue weighted by Gasteiger charge is 2.28. The molecule has 1 aromatic carbocycles. The van der Waals surface area contributed by atoms with E-state index in [1.165, 1.54) is 11.8 Å². The Morgan fingerprint density at radius 1 is 1.38 bits per heavy atom. The van der Waals surface area contributed by atoms with Gasteiger partial charge in [-0.1, -0.05) is 18.2 Å². The van der Waals surface area contributed by atoms with Gasteiger partial charge in [-0.25, -0.2) is 0 Å². The molecular formula is C17H19N5O2. The Morgan fingerprint density at radius 3 is 3.12 bits per heavy atom. The Bertz CT molecular complexity index is 916. The molecule has 24 heavy (non-hydrogen) atoms. The maximum Gasteiger partial charge on any atom is 0.263 e. The van der Waals surface area contributed by atoms with E-state index >= 15 is 0 Å². The Morgan fingerprint density at radius 2 is 2.25 bits per heavy atom. The molecule has 7 heteroatoms. The van der Waals surface area contributed by atoms with Crippen molar-refractivity contribution < 1.29 is 4.74 Å². The summed E-state index contributed by atoms with van der Waals surface area (Å²) < 4.78 is 5.46. The summed E-state index contributed by atoms with van der Waals surface area (Å²) in [5, 5.41) is 7.16. The molecule has 1 fully saturated rings. The number of fused-ring (bicyclic) bond motifs is 1. The predicted octanol–water partition coefficient (Wildman–Crippen LogP) is 1.87. The Labute approximate surface area is 138 Å². The largest absolute Gasteiger partial charge is 0.496 e. The molecule has 0 spiro atoms. The maximum atomic E-state index is 12.2. The van der Waals surface area contributed by atoms with Crippen molar-refractivity contribution in [2.75, 3.05) is 18.6 Å². The number of H-pyrrole nitrogens is 2. The Balaban J connectivity index is 1.65. The fraction of sp³-hybridized carbons (Fsp3) is 0.353. The fourth-order valence-electron chi connectivity index (χ4n) is 3.42. The van der Waals surface area contributed by atoms with Gasteiger partial charge in [0.1, 0.15) is 11.1 Å². The number of anilines is 1. The summed E-state index contributed by atoms with van der Waals surface area (Å²) in [5.74, 6) is 1.50. The van der Waals surface area contributed by atoms with Gasteiger partial charge in [-0.3, -0.25) is 14.9 Å². The number of benzene rings is 1. The minimum absolute atomic E-state index is 0.160. The summed E-state index contributed by atoms with van der Waals surface area (Å²) in [4.78, 5) is 21.8. The van der Waals surface area contributed by atoms with Crippen molar-refractivity contribution in [1.82, 2.24) is 20.2 Å². The van der Waals surface area contributed by atoms with Gasteiger partial charge in [0.25, 0.3) is 5.56 Å². The van der Waals surface area contributed by atoms with Crippen molar-refractivity contribution in [2.24, 2.45) is 0 Å². The summed E-state index contributed by atoms with van der Waals surface area (Å²) in [6.45, 7) is 0.877. The zero-order chi connectivity index (χ0) is 16.5. The van der Waals surface area contributed by atoms with E-state index in [-0.39, 0.29) is 11.6 Å². The van der Waals surface area contributed by atoms with Crippen molar-refractivity contribution in [2.45, 2.75) is 25.3 Å². The number of hydrogen-bond donors (Lipinski definition) is 2. The average molecular weight is 325 g/mol. The van der Waals surface area contributed by atoms with Gasteiger partial charge < -0.3 is 9.64 Å². The molecule has 0 amide bonds. The van der Waals surface area contributed by atoms with Crippen molar-refractivity contribution in [3.8, 4) is 5.75 Å². The molecule has 0 bridgehead atoms. The molecule has 1 aliphatic rings. The van der Waals surface area contributed by atoms with Crippen LogP contribution in [0.25, 0.3) is 11.0 Å².